The smallest absolute Gasteiger partial charge is 0.191 e. The maximum Gasteiger partial charge on any atom is 0.191 e. The number of benzene rings is 1. The number of ether oxygens (including phenoxy) is 3. The van der Waals surface area contributed by atoms with Crippen LogP contribution in [-0.4, -0.2) is 70.5 Å². The van der Waals surface area contributed by atoms with Crippen LogP contribution in [0.1, 0.15) is 26.3 Å². The third-order valence-electron chi connectivity index (χ3n) is 4.60. The highest BCUT2D eigenvalue weighted by Gasteiger charge is 2.21. The van der Waals surface area contributed by atoms with E-state index in [1.54, 1.807) is 14.2 Å². The number of halogens is 2. The van der Waals surface area contributed by atoms with Crippen LogP contribution in [0.2, 0.25) is 5.02 Å². The number of nitrogens with one attached hydrogen (secondary N) is 2. The number of methoxy groups -OCH3 is 1. The summed E-state index contributed by atoms with van der Waals surface area (Å²) in [7, 11) is 3.37. The third-order valence-corrected chi connectivity index (χ3v) is 4.89. The Kier molecular flexibility index (Phi) is 12.8. The van der Waals surface area contributed by atoms with E-state index in [0.29, 0.717) is 42.1 Å². The summed E-state index contributed by atoms with van der Waals surface area (Å²) in [6.07, 6.45) is 0.154. The molecule has 1 aliphatic rings. The summed E-state index contributed by atoms with van der Waals surface area (Å²) >= 11 is 6.35. The number of rotatable bonds is 9. The quantitative estimate of drug-likeness (QED) is 0.277. The van der Waals surface area contributed by atoms with E-state index in [1.165, 1.54) is 0 Å². The molecule has 1 fully saturated rings. The minimum absolute atomic E-state index is 0. The van der Waals surface area contributed by atoms with Gasteiger partial charge >= 0.3 is 0 Å². The molecule has 0 amide bonds. The molecule has 1 saturated heterocycles. The van der Waals surface area contributed by atoms with E-state index in [4.69, 9.17) is 25.8 Å². The molecule has 0 saturated carbocycles. The first kappa shape index (κ1) is 27.1. The second-order valence-electron chi connectivity index (χ2n) is 7.49. The van der Waals surface area contributed by atoms with Crippen molar-refractivity contribution in [2.75, 3.05) is 53.6 Å². The average Bonchev–Trinajstić information content (AvgIpc) is 2.69. The average molecular weight is 555 g/mol. The molecular weight excluding hydrogens is 519 g/mol. The van der Waals surface area contributed by atoms with Crippen LogP contribution in [0.15, 0.2) is 17.1 Å². The zero-order chi connectivity index (χ0) is 21.2. The van der Waals surface area contributed by atoms with Crippen LogP contribution in [0.4, 0.5) is 0 Å². The summed E-state index contributed by atoms with van der Waals surface area (Å²) in [6.45, 7) is 12.0. The van der Waals surface area contributed by atoms with Gasteiger partial charge in [-0.3, -0.25) is 9.89 Å². The van der Waals surface area contributed by atoms with Gasteiger partial charge in [-0.25, -0.2) is 0 Å². The van der Waals surface area contributed by atoms with Crippen LogP contribution in [0.3, 0.4) is 0 Å². The van der Waals surface area contributed by atoms with Crippen molar-refractivity contribution in [2.24, 2.45) is 10.9 Å². The molecule has 30 heavy (non-hydrogen) atoms. The van der Waals surface area contributed by atoms with Gasteiger partial charge in [0, 0.05) is 39.8 Å². The Morgan fingerprint density at radius 3 is 2.77 bits per heavy atom. The molecule has 172 valence electrons. The van der Waals surface area contributed by atoms with Crippen molar-refractivity contribution < 1.29 is 14.2 Å². The summed E-state index contributed by atoms with van der Waals surface area (Å²) < 4.78 is 16.9. The minimum atomic E-state index is 0. The van der Waals surface area contributed by atoms with E-state index >= 15 is 0 Å². The van der Waals surface area contributed by atoms with Crippen molar-refractivity contribution in [3.05, 3.63) is 22.7 Å². The van der Waals surface area contributed by atoms with Gasteiger partial charge in [0.05, 0.1) is 31.5 Å². The van der Waals surface area contributed by atoms with Crippen LogP contribution in [0, 0.1) is 5.92 Å². The van der Waals surface area contributed by atoms with Gasteiger partial charge < -0.3 is 24.8 Å². The SMILES string of the molecule is CCOc1c(Cl)cc(CNC(=NC)NCC2CN(CC(C)C)CCO2)cc1OC.I. The predicted octanol–water partition coefficient (Wildman–Crippen LogP) is 3.39. The lowest BCUT2D eigenvalue weighted by Crippen LogP contribution is -2.50. The number of morpholine rings is 1. The van der Waals surface area contributed by atoms with Crippen LogP contribution < -0.4 is 20.1 Å². The van der Waals surface area contributed by atoms with Crippen molar-refractivity contribution in [2.45, 2.75) is 33.4 Å². The van der Waals surface area contributed by atoms with E-state index in [0.717, 1.165) is 37.8 Å². The summed E-state index contributed by atoms with van der Waals surface area (Å²) in [5.74, 6) is 2.58. The minimum Gasteiger partial charge on any atom is -0.493 e. The second kappa shape index (κ2) is 14.2. The number of nitrogens with zero attached hydrogens (tertiary/aromatic N) is 2. The van der Waals surface area contributed by atoms with Gasteiger partial charge in [-0.05, 0) is 30.5 Å². The molecule has 1 unspecified atom stereocenters. The Morgan fingerprint density at radius 1 is 1.37 bits per heavy atom. The van der Waals surface area contributed by atoms with Crippen molar-refractivity contribution in [1.29, 1.82) is 0 Å². The Balaban J connectivity index is 0.00000450. The maximum atomic E-state index is 6.35. The molecule has 0 aromatic heterocycles. The Bertz CT molecular complexity index is 676. The first-order valence-electron chi connectivity index (χ1n) is 10.2. The first-order valence-corrected chi connectivity index (χ1v) is 10.6. The molecule has 0 spiro atoms. The monoisotopic (exact) mass is 554 g/mol. The van der Waals surface area contributed by atoms with Gasteiger partial charge in [-0.2, -0.15) is 0 Å². The summed E-state index contributed by atoms with van der Waals surface area (Å²) in [4.78, 5) is 6.77. The summed E-state index contributed by atoms with van der Waals surface area (Å²) in [5, 5.41) is 7.20. The highest BCUT2D eigenvalue weighted by molar-refractivity contribution is 14.0. The van der Waals surface area contributed by atoms with Crippen LogP contribution in [0.5, 0.6) is 11.5 Å². The Hall–Kier alpha value is -0.970. The van der Waals surface area contributed by atoms with E-state index in [2.05, 4.69) is 34.4 Å². The molecule has 1 heterocycles. The van der Waals surface area contributed by atoms with Crippen molar-refractivity contribution in [3.63, 3.8) is 0 Å². The third kappa shape index (κ3) is 8.64. The van der Waals surface area contributed by atoms with Gasteiger partial charge in [-0.1, -0.05) is 25.4 Å². The first-order chi connectivity index (χ1) is 14.0. The topological polar surface area (TPSA) is 67.4 Å². The Morgan fingerprint density at radius 2 is 2.13 bits per heavy atom. The molecule has 0 aliphatic carbocycles. The Labute approximate surface area is 202 Å². The van der Waals surface area contributed by atoms with E-state index in [1.807, 2.05) is 19.1 Å². The summed E-state index contributed by atoms with van der Waals surface area (Å²) in [6, 6.07) is 3.80. The summed E-state index contributed by atoms with van der Waals surface area (Å²) in [5.41, 5.74) is 0.982. The lowest BCUT2D eigenvalue weighted by atomic mass is 10.2. The highest BCUT2D eigenvalue weighted by Crippen LogP contribution is 2.36. The zero-order valence-corrected chi connectivity index (χ0v) is 21.8. The van der Waals surface area contributed by atoms with E-state index < -0.39 is 0 Å². The molecule has 1 atom stereocenters. The van der Waals surface area contributed by atoms with Gasteiger partial charge in [0.15, 0.2) is 17.5 Å². The molecule has 2 N–H and O–H groups in total. The lowest BCUT2D eigenvalue weighted by Gasteiger charge is -2.34. The number of hydrogen-bond donors (Lipinski definition) is 2. The fourth-order valence-corrected chi connectivity index (χ4v) is 3.65. The number of aliphatic imine (C=N–C) groups is 1. The zero-order valence-electron chi connectivity index (χ0n) is 18.7. The molecule has 0 bridgehead atoms. The molecule has 1 aliphatic heterocycles. The largest absolute Gasteiger partial charge is 0.493 e. The van der Waals surface area contributed by atoms with Gasteiger partial charge in [0.25, 0.3) is 0 Å². The molecule has 1 aromatic carbocycles. The van der Waals surface area contributed by atoms with E-state index in [-0.39, 0.29) is 30.1 Å². The van der Waals surface area contributed by atoms with Gasteiger partial charge in [0.2, 0.25) is 0 Å². The highest BCUT2D eigenvalue weighted by atomic mass is 127. The fraction of sp³-hybridized carbons (Fsp3) is 0.667. The normalized spacial score (nSPS) is 17.4. The fourth-order valence-electron chi connectivity index (χ4n) is 3.36. The van der Waals surface area contributed by atoms with Crippen molar-refractivity contribution in [1.82, 2.24) is 15.5 Å². The van der Waals surface area contributed by atoms with Gasteiger partial charge in [0.1, 0.15) is 0 Å². The van der Waals surface area contributed by atoms with E-state index in [9.17, 15) is 0 Å². The predicted molar refractivity (Wildman–Crippen MR) is 134 cm³/mol. The number of guanidine groups is 1. The van der Waals surface area contributed by atoms with Crippen LogP contribution in [0.25, 0.3) is 0 Å². The lowest BCUT2D eigenvalue weighted by molar-refractivity contribution is -0.0284. The molecule has 2 rings (SSSR count). The number of hydrogen-bond acceptors (Lipinski definition) is 5. The molecule has 1 aromatic rings. The van der Waals surface area contributed by atoms with Crippen LogP contribution in [-0.2, 0) is 11.3 Å². The molecule has 7 nitrogen and oxygen atoms in total. The van der Waals surface area contributed by atoms with Crippen LogP contribution >= 0.6 is 35.6 Å². The molecule has 9 heteroatoms. The maximum absolute atomic E-state index is 6.35. The van der Waals surface area contributed by atoms with Crippen molar-refractivity contribution >= 4 is 41.5 Å². The molecule has 0 radical (unpaired) electrons. The van der Waals surface area contributed by atoms with Crippen molar-refractivity contribution in [3.8, 4) is 11.5 Å². The van der Waals surface area contributed by atoms with Gasteiger partial charge in [-0.15, -0.1) is 24.0 Å². The second-order valence-corrected chi connectivity index (χ2v) is 7.90. The molecular formula is C21H36ClIN4O3. The standard InChI is InChI=1S/C21H35ClN4O3.HI/c1-6-28-20-18(22)9-16(10-19(20)27-5)11-24-21(23-4)25-12-17-14-26(7-8-29-17)13-15(2)3;/h9-10,15,17H,6-8,11-14H2,1-5H3,(H2,23,24,25);1H.